The van der Waals surface area contributed by atoms with Crippen molar-refractivity contribution in [1.29, 1.82) is 0 Å². The highest BCUT2D eigenvalue weighted by atomic mass is 16.4. The van der Waals surface area contributed by atoms with Gasteiger partial charge in [-0.3, -0.25) is 38.4 Å². The van der Waals surface area contributed by atoms with Gasteiger partial charge < -0.3 is 63.0 Å². The first-order valence-corrected chi connectivity index (χ1v) is 20.9. The van der Waals surface area contributed by atoms with Crippen molar-refractivity contribution in [1.82, 2.24) is 36.9 Å². The number of amides is 6. The van der Waals surface area contributed by atoms with Gasteiger partial charge in [-0.05, 0) is 55.6 Å². The first kappa shape index (κ1) is 53.0. The first-order chi connectivity index (χ1) is 29.4. The van der Waals surface area contributed by atoms with E-state index in [1.54, 1.807) is 72.0 Å². The van der Waals surface area contributed by atoms with E-state index in [2.05, 4.69) is 36.9 Å². The van der Waals surface area contributed by atoms with E-state index < -0.39 is 127 Å². The van der Waals surface area contributed by atoms with Crippen molar-refractivity contribution in [2.45, 2.75) is 142 Å². The average molecular weight is 889 g/mol. The smallest absolute Gasteiger partial charge is 0.326 e. The minimum Gasteiger partial charge on any atom is -0.481 e. The third-order valence-corrected chi connectivity index (χ3v) is 10.3. The summed E-state index contributed by atoms with van der Waals surface area (Å²) < 4.78 is 0. The third kappa shape index (κ3) is 17.3. The number of carbonyl (C=O) groups is 9. The molecule has 0 aliphatic rings. The van der Waals surface area contributed by atoms with Gasteiger partial charge in [0.25, 0.3) is 0 Å². The molecule has 1 aromatic carbocycles. The molecule has 13 N–H and O–H groups in total. The van der Waals surface area contributed by atoms with Crippen LogP contribution in [0.1, 0.15) is 92.6 Å². The predicted octanol–water partition coefficient (Wildman–Crippen LogP) is -0.110. The second kappa shape index (κ2) is 25.1. The standard InChI is InChI=1S/C42H64N8O13/c1-8-22(6)34(49-36(56)26(43)18-33(54)55)40(60)45-28(13-14-32(52)53)37(57)50-35(23(7)51)41(61)47-30(17-24-19-44-27-12-10-9-11-25(24)27)39(59)46-29(15-20(2)3)38(58)48-31(42(62)63)16-21(4)5/h9-12,19-23,26,28-31,34-35,44,51H,8,13-18,43H2,1-7H3,(H,45,60)(H,46,59)(H,47,61)(H,48,58)(H,49,56)(H,50,57)(H,52,53)(H,54,55)(H,62,63)/t22-,23+,26-,28-,29-,30-,31-,34-,35-/m0/s1. The van der Waals surface area contributed by atoms with Crippen molar-refractivity contribution >= 4 is 64.3 Å². The van der Waals surface area contributed by atoms with Crippen LogP contribution in [0.3, 0.4) is 0 Å². The Morgan fingerprint density at radius 3 is 1.70 bits per heavy atom. The Balaban J connectivity index is 2.48. The monoisotopic (exact) mass is 888 g/mol. The molecule has 0 radical (unpaired) electrons. The van der Waals surface area contributed by atoms with Crippen LogP contribution in [0.25, 0.3) is 10.9 Å². The fraction of sp³-hybridized carbons (Fsp3) is 0.595. The number of carbonyl (C=O) groups excluding carboxylic acids is 6. The molecule has 1 aromatic heterocycles. The maximum atomic E-state index is 14.2. The molecule has 0 bridgehead atoms. The maximum absolute atomic E-state index is 14.2. The van der Waals surface area contributed by atoms with Gasteiger partial charge in [0.15, 0.2) is 0 Å². The minimum absolute atomic E-state index is 0.0861. The number of aliphatic hydroxyl groups is 1. The molecule has 9 atom stereocenters. The molecule has 2 rings (SSSR count). The van der Waals surface area contributed by atoms with Gasteiger partial charge in [-0.1, -0.05) is 66.2 Å². The Labute approximate surface area is 365 Å². The molecular formula is C42H64N8O13. The molecule has 1 heterocycles. The van der Waals surface area contributed by atoms with Crippen molar-refractivity contribution in [3.63, 3.8) is 0 Å². The molecule has 21 heteroatoms. The zero-order chi connectivity index (χ0) is 47.7. The summed E-state index contributed by atoms with van der Waals surface area (Å²) in [5.41, 5.74) is 6.96. The second-order valence-corrected chi connectivity index (χ2v) is 16.6. The second-order valence-electron chi connectivity index (χ2n) is 16.6. The van der Waals surface area contributed by atoms with Crippen molar-refractivity contribution < 1.29 is 63.6 Å². The number of fused-ring (bicyclic) bond motifs is 1. The number of hydrogen-bond acceptors (Lipinski definition) is 11. The van der Waals surface area contributed by atoms with Crippen LogP contribution in [0.2, 0.25) is 0 Å². The topological polar surface area (TPSA) is 349 Å². The van der Waals surface area contributed by atoms with Gasteiger partial charge in [0.1, 0.15) is 36.3 Å². The van der Waals surface area contributed by atoms with Gasteiger partial charge in [0, 0.05) is 29.9 Å². The molecule has 6 amide bonds. The lowest BCUT2D eigenvalue weighted by Gasteiger charge is -2.29. The van der Waals surface area contributed by atoms with Crippen LogP contribution in [0.15, 0.2) is 30.5 Å². The van der Waals surface area contributed by atoms with E-state index in [0.717, 1.165) is 6.92 Å². The summed E-state index contributed by atoms with van der Waals surface area (Å²) in [6, 6.07) is -3.15. The number of benzene rings is 1. The lowest BCUT2D eigenvalue weighted by molar-refractivity contribution is -0.143. The Morgan fingerprint density at radius 1 is 0.635 bits per heavy atom. The van der Waals surface area contributed by atoms with Crippen molar-refractivity contribution in [2.24, 2.45) is 23.5 Å². The SMILES string of the molecule is CC[C@H](C)[C@H](NC(=O)[C@@H](N)CC(=O)O)C(=O)N[C@@H](CCC(=O)O)C(=O)N[C@H](C(=O)N[C@@H](Cc1c[nH]c2ccccc12)C(=O)N[C@@H](CC(C)C)C(=O)N[C@@H](CC(C)C)C(=O)O)[C@@H](C)O. The quantitative estimate of drug-likeness (QED) is 0.0557. The summed E-state index contributed by atoms with van der Waals surface area (Å²) >= 11 is 0. The highest BCUT2D eigenvalue weighted by molar-refractivity contribution is 5.98. The Bertz CT molecular complexity index is 1930. The van der Waals surface area contributed by atoms with Crippen LogP contribution in [-0.2, 0) is 49.6 Å². The van der Waals surface area contributed by atoms with E-state index in [9.17, 15) is 58.5 Å². The van der Waals surface area contributed by atoms with Crippen molar-refractivity contribution in [2.75, 3.05) is 0 Å². The number of aliphatic carboxylic acids is 3. The van der Waals surface area contributed by atoms with Crippen LogP contribution < -0.4 is 37.6 Å². The first-order valence-electron chi connectivity index (χ1n) is 20.9. The van der Waals surface area contributed by atoms with E-state index in [0.29, 0.717) is 22.9 Å². The summed E-state index contributed by atoms with van der Waals surface area (Å²) in [4.78, 5) is 120. The number of aromatic nitrogens is 1. The molecule has 21 nitrogen and oxygen atoms in total. The predicted molar refractivity (Wildman–Crippen MR) is 228 cm³/mol. The maximum Gasteiger partial charge on any atom is 0.326 e. The molecule has 0 unspecified atom stereocenters. The molecule has 0 saturated heterocycles. The average Bonchev–Trinajstić information content (AvgIpc) is 3.60. The van der Waals surface area contributed by atoms with Gasteiger partial charge >= 0.3 is 17.9 Å². The van der Waals surface area contributed by atoms with Gasteiger partial charge in [-0.2, -0.15) is 0 Å². The molecular weight excluding hydrogens is 825 g/mol. The third-order valence-electron chi connectivity index (χ3n) is 10.3. The molecule has 0 fully saturated rings. The number of carboxylic acids is 3. The van der Waals surface area contributed by atoms with Gasteiger partial charge in [-0.25, -0.2) is 4.79 Å². The van der Waals surface area contributed by atoms with Crippen LogP contribution in [0.4, 0.5) is 0 Å². The number of H-pyrrole nitrogens is 1. The van der Waals surface area contributed by atoms with Crippen LogP contribution in [0.5, 0.6) is 0 Å². The lowest BCUT2D eigenvalue weighted by Crippen LogP contribution is -2.62. The number of nitrogens with one attached hydrogen (secondary N) is 7. The highest BCUT2D eigenvalue weighted by Crippen LogP contribution is 2.20. The molecule has 0 spiro atoms. The Morgan fingerprint density at radius 2 is 1.14 bits per heavy atom. The number of nitrogens with two attached hydrogens (primary N) is 1. The Kier molecular flexibility index (Phi) is 21.2. The number of aromatic amines is 1. The van der Waals surface area contributed by atoms with Crippen LogP contribution in [-0.4, -0.2) is 127 Å². The Hall–Kier alpha value is -6.09. The highest BCUT2D eigenvalue weighted by Gasteiger charge is 2.37. The number of aliphatic hydroxyl groups excluding tert-OH is 1. The van der Waals surface area contributed by atoms with E-state index in [4.69, 9.17) is 10.8 Å². The summed E-state index contributed by atoms with van der Waals surface area (Å²) in [6.45, 7) is 11.6. The summed E-state index contributed by atoms with van der Waals surface area (Å²) in [7, 11) is 0. The molecule has 63 heavy (non-hydrogen) atoms. The van der Waals surface area contributed by atoms with E-state index in [1.165, 1.54) is 0 Å². The minimum atomic E-state index is -1.80. The van der Waals surface area contributed by atoms with Crippen molar-refractivity contribution in [3.8, 4) is 0 Å². The summed E-state index contributed by atoms with van der Waals surface area (Å²) in [6.07, 6.45) is -1.55. The zero-order valence-corrected chi connectivity index (χ0v) is 36.7. The molecule has 350 valence electrons. The van der Waals surface area contributed by atoms with E-state index in [-0.39, 0.29) is 31.1 Å². The summed E-state index contributed by atoms with van der Waals surface area (Å²) in [5.74, 6) is -10.5. The van der Waals surface area contributed by atoms with E-state index >= 15 is 0 Å². The number of carboxylic acid groups (broad SMARTS) is 3. The number of rotatable bonds is 27. The molecule has 2 aromatic rings. The van der Waals surface area contributed by atoms with Crippen LogP contribution >= 0.6 is 0 Å². The zero-order valence-electron chi connectivity index (χ0n) is 36.7. The van der Waals surface area contributed by atoms with Gasteiger partial charge in [-0.15, -0.1) is 0 Å². The number of para-hydroxylation sites is 1. The fourth-order valence-corrected chi connectivity index (χ4v) is 6.63. The molecule has 0 saturated carbocycles. The fourth-order valence-electron chi connectivity index (χ4n) is 6.63. The van der Waals surface area contributed by atoms with Crippen LogP contribution in [0, 0.1) is 17.8 Å². The van der Waals surface area contributed by atoms with Gasteiger partial charge in [0.05, 0.1) is 18.6 Å². The van der Waals surface area contributed by atoms with Gasteiger partial charge in [0.2, 0.25) is 35.4 Å². The lowest BCUT2D eigenvalue weighted by atomic mass is 9.97. The molecule has 0 aliphatic carbocycles. The summed E-state index contributed by atoms with van der Waals surface area (Å²) in [5, 5.41) is 54.6. The normalized spacial score (nSPS) is 15.7. The van der Waals surface area contributed by atoms with Crippen molar-refractivity contribution in [3.05, 3.63) is 36.0 Å². The largest absolute Gasteiger partial charge is 0.481 e. The number of hydrogen-bond donors (Lipinski definition) is 12. The molecule has 0 aliphatic heterocycles. The van der Waals surface area contributed by atoms with E-state index in [1.807, 2.05) is 0 Å².